The second-order valence-electron chi connectivity index (χ2n) is 4.95. The quantitative estimate of drug-likeness (QED) is 0.245. The van der Waals surface area contributed by atoms with Gasteiger partial charge in [-0.15, -0.1) is 11.8 Å². The molecule has 4 nitrogen and oxygen atoms in total. The van der Waals surface area contributed by atoms with Gasteiger partial charge < -0.3 is 18.8 Å². The van der Waals surface area contributed by atoms with Crippen LogP contribution in [-0.2, 0) is 22.4 Å². The first-order chi connectivity index (χ1) is 10.7. The van der Waals surface area contributed by atoms with E-state index in [9.17, 15) is 0 Å². The average Bonchev–Trinajstić information content (AvgIpc) is 2.82. The van der Waals surface area contributed by atoms with E-state index in [1.807, 2.05) is 13.8 Å². The Morgan fingerprint density at radius 1 is 1.41 bits per heavy atom. The Morgan fingerprint density at radius 2 is 2.18 bits per heavy atom. The monoisotopic (exact) mass is 327 g/mol. The molecule has 0 fully saturated rings. The smallest absolute Gasteiger partial charge is 0.198 e. The number of hydrogen-bond acceptors (Lipinski definition) is 4. The van der Waals surface area contributed by atoms with Gasteiger partial charge in [-0.05, 0) is 38.5 Å². The van der Waals surface area contributed by atoms with Crippen LogP contribution in [0.25, 0.3) is 0 Å². The van der Waals surface area contributed by atoms with Crippen molar-refractivity contribution in [1.29, 1.82) is 0 Å². The Labute approximate surface area is 138 Å². The van der Waals surface area contributed by atoms with Crippen molar-refractivity contribution in [3.05, 3.63) is 24.5 Å². The lowest BCUT2D eigenvalue weighted by Crippen LogP contribution is -2.18. The second-order valence-corrected chi connectivity index (χ2v) is 5.75. The number of nitrogens with zero attached hydrogens (tertiary/aromatic N) is 1. The third-order valence-electron chi connectivity index (χ3n) is 3.32. The van der Waals surface area contributed by atoms with E-state index in [-0.39, 0.29) is 6.29 Å². The molecule has 0 bridgehead atoms. The van der Waals surface area contributed by atoms with Crippen LogP contribution in [0.2, 0.25) is 0 Å². The summed E-state index contributed by atoms with van der Waals surface area (Å²) in [6.07, 6.45) is 6.76. The number of rotatable bonds is 12. The number of aromatic nitrogens is 1. The van der Waals surface area contributed by atoms with Gasteiger partial charge in [0.2, 0.25) is 0 Å². The zero-order valence-corrected chi connectivity index (χ0v) is 15.1. The summed E-state index contributed by atoms with van der Waals surface area (Å²) in [7, 11) is 0. The van der Waals surface area contributed by atoms with E-state index in [4.69, 9.17) is 14.2 Å². The van der Waals surface area contributed by atoms with Crippen LogP contribution in [0.4, 0.5) is 0 Å². The van der Waals surface area contributed by atoms with Crippen molar-refractivity contribution in [1.82, 2.24) is 4.57 Å². The highest BCUT2D eigenvalue weighted by Gasteiger charge is 2.17. The zero-order chi connectivity index (χ0) is 16.4. The summed E-state index contributed by atoms with van der Waals surface area (Å²) in [5, 5.41) is 1.25. The maximum Gasteiger partial charge on any atom is 0.198 e. The average molecular weight is 327 g/mol. The van der Waals surface area contributed by atoms with Gasteiger partial charge in [-0.25, -0.2) is 0 Å². The van der Waals surface area contributed by atoms with Gasteiger partial charge in [-0.2, -0.15) is 0 Å². The molecule has 0 N–H and O–H groups in total. The molecule has 0 aliphatic carbocycles. The van der Waals surface area contributed by atoms with E-state index in [2.05, 4.69) is 30.4 Å². The molecule has 1 heterocycles. The van der Waals surface area contributed by atoms with Crippen LogP contribution in [0.3, 0.4) is 0 Å². The molecule has 1 atom stereocenters. The standard InChI is InChI=1S/C17H29NO3S/c1-6-9-10-15-13-16(21-14(4)20-8-3)18(17(15)22-5)11-12-19-7-2/h7,13-14H,2,6,8-12H2,1,3-5H3. The predicted molar refractivity (Wildman–Crippen MR) is 92.7 cm³/mol. The molecule has 0 aliphatic heterocycles. The largest absolute Gasteiger partial charge is 0.500 e. The molecule has 1 rings (SSSR count). The van der Waals surface area contributed by atoms with Crippen LogP contribution in [0.15, 0.2) is 23.9 Å². The van der Waals surface area contributed by atoms with Crippen LogP contribution in [0.1, 0.15) is 39.2 Å². The van der Waals surface area contributed by atoms with Crippen LogP contribution >= 0.6 is 11.8 Å². The molecule has 0 saturated carbocycles. The first-order valence-corrected chi connectivity index (χ1v) is 9.17. The lowest BCUT2D eigenvalue weighted by molar-refractivity contribution is -0.0660. The fourth-order valence-electron chi connectivity index (χ4n) is 2.33. The molecule has 0 saturated heterocycles. The van der Waals surface area contributed by atoms with Crippen molar-refractivity contribution < 1.29 is 14.2 Å². The molecule has 0 radical (unpaired) electrons. The molecule has 0 aromatic carbocycles. The van der Waals surface area contributed by atoms with Gasteiger partial charge >= 0.3 is 0 Å². The van der Waals surface area contributed by atoms with E-state index in [0.717, 1.165) is 18.8 Å². The molecule has 0 aliphatic rings. The number of ether oxygens (including phenoxy) is 3. The Hall–Kier alpha value is -1.07. The Kier molecular flexibility index (Phi) is 9.16. The summed E-state index contributed by atoms with van der Waals surface area (Å²) in [6, 6.07) is 2.14. The minimum absolute atomic E-state index is 0.257. The van der Waals surface area contributed by atoms with E-state index >= 15 is 0 Å². The topological polar surface area (TPSA) is 32.6 Å². The highest BCUT2D eigenvalue weighted by atomic mass is 32.2. The number of aryl methyl sites for hydroxylation is 1. The minimum atomic E-state index is -0.257. The Morgan fingerprint density at radius 3 is 2.77 bits per heavy atom. The Balaban J connectivity index is 2.97. The van der Waals surface area contributed by atoms with Gasteiger partial charge in [0, 0.05) is 12.7 Å². The maximum atomic E-state index is 5.97. The lowest BCUT2D eigenvalue weighted by atomic mass is 10.1. The van der Waals surface area contributed by atoms with Crippen LogP contribution in [0.5, 0.6) is 5.88 Å². The van der Waals surface area contributed by atoms with Gasteiger partial charge in [0.1, 0.15) is 6.61 Å². The van der Waals surface area contributed by atoms with Crippen molar-refractivity contribution in [3.8, 4) is 5.88 Å². The third kappa shape index (κ3) is 5.61. The van der Waals surface area contributed by atoms with Gasteiger partial charge in [0.25, 0.3) is 0 Å². The molecule has 0 amide bonds. The molecule has 22 heavy (non-hydrogen) atoms. The zero-order valence-electron chi connectivity index (χ0n) is 14.3. The summed E-state index contributed by atoms with van der Waals surface area (Å²) in [5.41, 5.74) is 1.34. The van der Waals surface area contributed by atoms with Crippen molar-refractivity contribution in [3.63, 3.8) is 0 Å². The summed E-state index contributed by atoms with van der Waals surface area (Å²) >= 11 is 1.75. The van der Waals surface area contributed by atoms with E-state index in [1.165, 1.54) is 29.7 Å². The van der Waals surface area contributed by atoms with Crippen molar-refractivity contribution >= 4 is 11.8 Å². The second kappa shape index (κ2) is 10.6. The number of hydrogen-bond donors (Lipinski definition) is 0. The fraction of sp³-hybridized carbons (Fsp3) is 0.647. The van der Waals surface area contributed by atoms with E-state index < -0.39 is 0 Å². The highest BCUT2D eigenvalue weighted by molar-refractivity contribution is 7.98. The highest BCUT2D eigenvalue weighted by Crippen LogP contribution is 2.31. The minimum Gasteiger partial charge on any atom is -0.500 e. The van der Waals surface area contributed by atoms with Crippen LogP contribution in [-0.4, -0.2) is 30.3 Å². The van der Waals surface area contributed by atoms with Crippen molar-refractivity contribution in [2.75, 3.05) is 19.5 Å². The summed E-state index contributed by atoms with van der Waals surface area (Å²) in [5.74, 6) is 0.851. The van der Waals surface area contributed by atoms with Crippen LogP contribution in [0, 0.1) is 0 Å². The fourth-order valence-corrected chi connectivity index (χ4v) is 3.15. The number of unbranched alkanes of at least 4 members (excludes halogenated alkanes) is 1. The third-order valence-corrected chi connectivity index (χ3v) is 4.18. The summed E-state index contributed by atoms with van der Waals surface area (Å²) < 4.78 is 18.9. The van der Waals surface area contributed by atoms with Crippen LogP contribution < -0.4 is 4.74 Å². The van der Waals surface area contributed by atoms with Gasteiger partial charge in [-0.3, -0.25) is 0 Å². The first-order valence-electron chi connectivity index (χ1n) is 7.95. The molecular weight excluding hydrogens is 298 g/mol. The molecule has 1 aromatic rings. The van der Waals surface area contributed by atoms with Crippen molar-refractivity contribution in [2.24, 2.45) is 0 Å². The van der Waals surface area contributed by atoms with Crippen molar-refractivity contribution in [2.45, 2.75) is 57.9 Å². The predicted octanol–water partition coefficient (Wildman–Crippen LogP) is 4.47. The van der Waals surface area contributed by atoms with Gasteiger partial charge in [0.15, 0.2) is 12.2 Å². The lowest BCUT2D eigenvalue weighted by Gasteiger charge is -2.17. The van der Waals surface area contributed by atoms with E-state index in [1.54, 1.807) is 11.8 Å². The normalized spacial score (nSPS) is 12.2. The molecule has 0 spiro atoms. The van der Waals surface area contributed by atoms with Gasteiger partial charge in [-0.1, -0.05) is 19.9 Å². The molecule has 126 valence electrons. The van der Waals surface area contributed by atoms with Gasteiger partial charge in [0.05, 0.1) is 17.8 Å². The first kappa shape index (κ1) is 19.0. The molecule has 5 heteroatoms. The SMILES string of the molecule is C=COCCn1c(OC(C)OCC)cc(CCCC)c1SC. The molecular formula is C17H29NO3S. The van der Waals surface area contributed by atoms with E-state index in [0.29, 0.717) is 13.2 Å². The molecule has 1 unspecified atom stereocenters. The number of thioether (sulfide) groups is 1. The maximum absolute atomic E-state index is 5.97. The molecule has 1 aromatic heterocycles. The summed E-state index contributed by atoms with van der Waals surface area (Å²) in [4.78, 5) is 0. The summed E-state index contributed by atoms with van der Waals surface area (Å²) in [6.45, 7) is 11.6. The Bertz CT molecular complexity index is 445.